The summed E-state index contributed by atoms with van der Waals surface area (Å²) in [7, 11) is -4.40. The van der Waals surface area contributed by atoms with Gasteiger partial charge in [-0.05, 0) is 96.3 Å². The number of hydrogen-bond donors (Lipinski definition) is 2. The van der Waals surface area contributed by atoms with E-state index in [2.05, 4.69) is 123 Å². The lowest BCUT2D eigenvalue weighted by Gasteiger charge is -2.19. The van der Waals surface area contributed by atoms with Crippen LogP contribution in [0, 0.1) is 0 Å². The van der Waals surface area contributed by atoms with Crippen molar-refractivity contribution in [1.82, 2.24) is 0 Å². The third kappa shape index (κ3) is 63.7. The highest BCUT2D eigenvalue weighted by Crippen LogP contribution is 2.43. The second-order valence-electron chi connectivity index (χ2n) is 21.2. The van der Waals surface area contributed by atoms with E-state index >= 15 is 0 Å². The summed E-state index contributed by atoms with van der Waals surface area (Å²) in [5, 5.41) is 0. The molecule has 2 unspecified atom stereocenters. The second kappa shape index (κ2) is 63.8. The van der Waals surface area contributed by atoms with Gasteiger partial charge < -0.3 is 20.1 Å². The molecule has 0 aromatic heterocycles. The minimum atomic E-state index is -4.40. The average molecular weight is 1120 g/mol. The van der Waals surface area contributed by atoms with Crippen molar-refractivity contribution in [3.05, 3.63) is 109 Å². The van der Waals surface area contributed by atoms with Crippen LogP contribution in [-0.4, -0.2) is 49.3 Å². The molecule has 3 N–H and O–H groups in total. The Morgan fingerprint density at radius 3 is 0.975 bits per heavy atom. The summed E-state index contributed by atoms with van der Waals surface area (Å²) < 4.78 is 33.1. The van der Waals surface area contributed by atoms with Gasteiger partial charge in [0.25, 0.3) is 0 Å². The molecule has 0 radical (unpaired) electrons. The van der Waals surface area contributed by atoms with E-state index < -0.39 is 26.5 Å². The van der Waals surface area contributed by atoms with E-state index in [0.29, 0.717) is 6.42 Å². The van der Waals surface area contributed by atoms with Crippen LogP contribution in [0.3, 0.4) is 0 Å². The smallest absolute Gasteiger partial charge is 0.462 e. The number of carbonyl (C=O) groups excluding carboxylic acids is 2. The van der Waals surface area contributed by atoms with Crippen molar-refractivity contribution in [2.75, 3.05) is 26.4 Å². The zero-order valence-corrected chi connectivity index (χ0v) is 51.7. The first-order valence-electron chi connectivity index (χ1n) is 32.4. The van der Waals surface area contributed by atoms with E-state index in [1.807, 2.05) is 0 Å². The Hall–Kier alpha value is -3.33. The first kappa shape index (κ1) is 75.7. The number of hydrogen-bond acceptors (Lipinski definition) is 8. The standard InChI is InChI=1S/C69H120NO8P/c1-3-5-7-9-11-13-15-17-19-21-23-25-27-28-29-30-31-32-33-34-35-36-37-38-40-41-43-45-47-49-51-53-55-57-59-61-68(71)75-65-67(66-77-79(73,74)76-64-63-70)78-69(72)62-60-58-56-54-52-50-48-46-44-42-39-26-24-22-20-18-16-14-12-10-8-6-4-2/h5-8,11-14,17-20,23-26,42,44,67H,3-4,9-10,15-16,21-22,27-41,43,45-66,70H2,1-2H3,(H,73,74)/b7-5-,8-6-,13-11-,14-12-,19-17-,20-18-,25-23-,26-24-,44-42-. The molecule has 0 bridgehead atoms. The van der Waals surface area contributed by atoms with E-state index in [1.54, 1.807) is 0 Å². The predicted octanol–water partition coefficient (Wildman–Crippen LogP) is 21.0. The van der Waals surface area contributed by atoms with Crippen LogP contribution in [0.4, 0.5) is 0 Å². The van der Waals surface area contributed by atoms with Crippen molar-refractivity contribution < 1.29 is 37.6 Å². The summed E-state index contributed by atoms with van der Waals surface area (Å²) in [5.74, 6) is -0.836. The predicted molar refractivity (Wildman–Crippen MR) is 339 cm³/mol. The van der Waals surface area contributed by atoms with Crippen LogP contribution < -0.4 is 5.73 Å². The van der Waals surface area contributed by atoms with Gasteiger partial charge in [-0.15, -0.1) is 0 Å². The monoisotopic (exact) mass is 1120 g/mol. The molecule has 0 rings (SSSR count). The molecule has 0 aliphatic carbocycles. The molecule has 0 aliphatic rings. The Labute approximate surface area is 486 Å². The third-order valence-corrected chi connectivity index (χ3v) is 14.6. The number of phosphoric acid groups is 1. The Morgan fingerprint density at radius 2 is 0.658 bits per heavy atom. The van der Waals surface area contributed by atoms with Gasteiger partial charge >= 0.3 is 19.8 Å². The minimum Gasteiger partial charge on any atom is -0.462 e. The van der Waals surface area contributed by atoms with Gasteiger partial charge in [0.2, 0.25) is 0 Å². The van der Waals surface area contributed by atoms with Gasteiger partial charge in [-0.3, -0.25) is 18.6 Å². The Kier molecular flexibility index (Phi) is 61.2. The number of carbonyl (C=O) groups is 2. The number of allylic oxidation sites excluding steroid dienone is 18. The van der Waals surface area contributed by atoms with Crippen molar-refractivity contribution in [3.63, 3.8) is 0 Å². The van der Waals surface area contributed by atoms with Crippen LogP contribution in [0.15, 0.2) is 109 Å². The van der Waals surface area contributed by atoms with E-state index in [0.717, 1.165) is 103 Å². The summed E-state index contributed by atoms with van der Waals surface area (Å²) in [4.78, 5) is 35.3. The zero-order chi connectivity index (χ0) is 57.3. The van der Waals surface area contributed by atoms with Gasteiger partial charge in [0, 0.05) is 19.4 Å². The van der Waals surface area contributed by atoms with Crippen LogP contribution >= 0.6 is 7.82 Å². The van der Waals surface area contributed by atoms with Crippen molar-refractivity contribution in [2.24, 2.45) is 5.73 Å². The second-order valence-corrected chi connectivity index (χ2v) is 22.7. The molecule has 10 heteroatoms. The number of unbranched alkanes of at least 4 members (excludes halogenated alkanes) is 29. The number of esters is 2. The fourth-order valence-corrected chi connectivity index (χ4v) is 9.72. The molecule has 0 fully saturated rings. The number of rotatable bonds is 60. The molecule has 0 amide bonds. The van der Waals surface area contributed by atoms with Gasteiger partial charge in [0.15, 0.2) is 6.10 Å². The zero-order valence-electron chi connectivity index (χ0n) is 50.8. The molecule has 79 heavy (non-hydrogen) atoms. The normalized spacial score (nSPS) is 13.7. The fraction of sp³-hybridized carbons (Fsp3) is 0.710. The maximum atomic E-state index is 12.7. The maximum absolute atomic E-state index is 12.7. The minimum absolute atomic E-state index is 0.0479. The van der Waals surface area contributed by atoms with Crippen LogP contribution in [-0.2, 0) is 32.7 Å². The lowest BCUT2D eigenvalue weighted by Crippen LogP contribution is -2.29. The van der Waals surface area contributed by atoms with Crippen LogP contribution in [0.2, 0.25) is 0 Å². The molecule has 0 aliphatic heterocycles. The largest absolute Gasteiger partial charge is 0.472 e. The topological polar surface area (TPSA) is 134 Å². The van der Waals surface area contributed by atoms with Crippen LogP contribution in [0.25, 0.3) is 0 Å². The first-order chi connectivity index (χ1) is 38.8. The van der Waals surface area contributed by atoms with Gasteiger partial charge in [-0.2, -0.15) is 0 Å². The van der Waals surface area contributed by atoms with Crippen LogP contribution in [0.1, 0.15) is 284 Å². The van der Waals surface area contributed by atoms with E-state index in [-0.39, 0.29) is 38.6 Å². The quantitative estimate of drug-likeness (QED) is 0.0264. The van der Waals surface area contributed by atoms with E-state index in [9.17, 15) is 19.0 Å². The van der Waals surface area contributed by atoms with Crippen molar-refractivity contribution in [1.29, 1.82) is 0 Å². The molecule has 2 atom stereocenters. The molecular weight excluding hydrogens is 1000 g/mol. The van der Waals surface area contributed by atoms with Gasteiger partial charge in [-0.1, -0.05) is 284 Å². The summed E-state index contributed by atoms with van der Waals surface area (Å²) >= 11 is 0. The molecular formula is C69H120NO8P. The van der Waals surface area contributed by atoms with Gasteiger partial charge in [0.05, 0.1) is 13.2 Å². The lowest BCUT2D eigenvalue weighted by atomic mass is 10.0. The Balaban J connectivity index is 3.88. The van der Waals surface area contributed by atoms with E-state index in [1.165, 1.54) is 148 Å². The van der Waals surface area contributed by atoms with Crippen molar-refractivity contribution >= 4 is 19.8 Å². The first-order valence-corrected chi connectivity index (χ1v) is 33.9. The number of ether oxygens (including phenoxy) is 2. The molecule has 454 valence electrons. The highest BCUT2D eigenvalue weighted by Gasteiger charge is 2.26. The summed E-state index contributed by atoms with van der Waals surface area (Å²) in [6.45, 7) is 3.52. The van der Waals surface area contributed by atoms with E-state index in [4.69, 9.17) is 24.3 Å². The molecule has 0 heterocycles. The molecule has 9 nitrogen and oxygen atoms in total. The van der Waals surface area contributed by atoms with Crippen molar-refractivity contribution in [2.45, 2.75) is 290 Å². The third-order valence-electron chi connectivity index (χ3n) is 13.7. The van der Waals surface area contributed by atoms with Gasteiger partial charge in [-0.25, -0.2) is 4.57 Å². The summed E-state index contributed by atoms with van der Waals surface area (Å²) in [6, 6.07) is 0. The van der Waals surface area contributed by atoms with Crippen molar-refractivity contribution in [3.8, 4) is 0 Å². The Morgan fingerprint density at radius 1 is 0.380 bits per heavy atom. The highest BCUT2D eigenvalue weighted by atomic mass is 31.2. The summed E-state index contributed by atoms with van der Waals surface area (Å²) in [6.07, 6.45) is 87.4. The molecule has 0 saturated heterocycles. The molecule has 0 saturated carbocycles. The fourth-order valence-electron chi connectivity index (χ4n) is 8.95. The summed E-state index contributed by atoms with van der Waals surface area (Å²) in [5.41, 5.74) is 5.39. The average Bonchev–Trinajstić information content (AvgIpc) is 3.44. The van der Waals surface area contributed by atoms with Crippen LogP contribution in [0.5, 0.6) is 0 Å². The molecule has 0 aromatic carbocycles. The Bertz CT molecular complexity index is 1660. The van der Waals surface area contributed by atoms with Gasteiger partial charge in [0.1, 0.15) is 6.61 Å². The maximum Gasteiger partial charge on any atom is 0.472 e. The molecule has 0 spiro atoms. The molecule has 0 aromatic rings. The lowest BCUT2D eigenvalue weighted by molar-refractivity contribution is -0.161. The SMILES string of the molecule is CC/C=C\C/C=C\C/C=C\C/C=C\C/C=C\CCCCCCCCCC(=O)OC(COC(=O)CCCCCCCCCCCCCCCCCCCCCCCC/C=C\C/C=C\C/C=C\C/C=C\CC)COP(=O)(O)OCCN. The number of nitrogens with two attached hydrogens (primary N) is 1. The number of phosphoric ester groups is 1. The highest BCUT2D eigenvalue weighted by molar-refractivity contribution is 7.47.